The lowest BCUT2D eigenvalue weighted by Gasteiger charge is -2.08. The fourth-order valence-electron chi connectivity index (χ4n) is 3.58. The van der Waals surface area contributed by atoms with Crippen LogP contribution in [0.4, 0.5) is 11.5 Å². The molecule has 4 aromatic rings. The predicted octanol–water partition coefficient (Wildman–Crippen LogP) is 3.36. The number of ketones is 1. The van der Waals surface area contributed by atoms with Gasteiger partial charge in [0, 0.05) is 48.0 Å². The Bertz CT molecular complexity index is 1340. The van der Waals surface area contributed by atoms with Gasteiger partial charge in [-0.25, -0.2) is 9.83 Å². The number of hydrogen-bond donors (Lipinski definition) is 1. The van der Waals surface area contributed by atoms with Crippen molar-refractivity contribution in [3.63, 3.8) is 0 Å². The van der Waals surface area contributed by atoms with Crippen LogP contribution in [0.1, 0.15) is 17.1 Å². The fourth-order valence-corrected chi connectivity index (χ4v) is 3.58. The van der Waals surface area contributed by atoms with Crippen LogP contribution in [0.3, 0.4) is 0 Å². The van der Waals surface area contributed by atoms with E-state index in [9.17, 15) is 4.79 Å². The van der Waals surface area contributed by atoms with Gasteiger partial charge in [-0.05, 0) is 37.6 Å². The van der Waals surface area contributed by atoms with Gasteiger partial charge in [0.1, 0.15) is 12.4 Å². The molecule has 0 bridgehead atoms. The highest BCUT2D eigenvalue weighted by atomic mass is 16.1. The van der Waals surface area contributed by atoms with Crippen LogP contribution < -0.4 is 5.73 Å². The van der Waals surface area contributed by atoms with Crippen LogP contribution in [0.2, 0.25) is 0 Å². The zero-order chi connectivity index (χ0) is 22.7. The Morgan fingerprint density at radius 1 is 1.09 bits per heavy atom. The van der Waals surface area contributed by atoms with E-state index in [1.807, 2.05) is 19.9 Å². The number of rotatable bonds is 6. The second kappa shape index (κ2) is 8.73. The normalized spacial score (nSPS) is 10.7. The first-order valence-corrected chi connectivity index (χ1v) is 9.86. The van der Waals surface area contributed by atoms with E-state index in [1.54, 1.807) is 47.8 Å². The molecule has 0 aromatic carbocycles. The number of nitrogens with zero attached hydrogens (tertiary/aromatic N) is 7. The van der Waals surface area contributed by atoms with Crippen molar-refractivity contribution in [1.82, 2.24) is 29.7 Å². The van der Waals surface area contributed by atoms with Crippen LogP contribution in [0, 0.1) is 20.4 Å². The first kappa shape index (κ1) is 20.8. The zero-order valence-electron chi connectivity index (χ0n) is 17.6. The molecule has 0 radical (unpaired) electrons. The molecule has 0 saturated carbocycles. The Hall–Kier alpha value is -4.45. The van der Waals surface area contributed by atoms with Crippen LogP contribution in [0.25, 0.3) is 27.2 Å². The van der Waals surface area contributed by atoms with Crippen LogP contribution >= 0.6 is 0 Å². The number of nitrogens with two attached hydrogens (primary N) is 1. The first-order chi connectivity index (χ1) is 15.5. The number of hydrogen-bond acceptors (Lipinski definition) is 7. The van der Waals surface area contributed by atoms with Crippen molar-refractivity contribution in [2.45, 2.75) is 26.8 Å². The number of aromatic nitrogens is 6. The minimum absolute atomic E-state index is 0.0361. The van der Waals surface area contributed by atoms with Crippen LogP contribution in [0.15, 0.2) is 49.2 Å². The van der Waals surface area contributed by atoms with Gasteiger partial charge in [-0.3, -0.25) is 24.4 Å². The summed E-state index contributed by atoms with van der Waals surface area (Å²) in [6.07, 6.45) is 8.05. The summed E-state index contributed by atoms with van der Waals surface area (Å²) >= 11 is 0. The Labute approximate surface area is 184 Å². The van der Waals surface area contributed by atoms with Crippen LogP contribution in [-0.4, -0.2) is 35.5 Å². The first-order valence-electron chi connectivity index (χ1n) is 9.86. The number of carbonyl (C=O) groups is 1. The van der Waals surface area contributed by atoms with Gasteiger partial charge in [0.05, 0.1) is 29.9 Å². The fraction of sp³-hybridized carbons (Fsp3) is 0.174. The van der Waals surface area contributed by atoms with E-state index < -0.39 is 0 Å². The van der Waals surface area contributed by atoms with Gasteiger partial charge in [0.2, 0.25) is 5.69 Å². The summed E-state index contributed by atoms with van der Waals surface area (Å²) in [5.74, 6) is 0.328. The largest absolute Gasteiger partial charge is 0.384 e. The van der Waals surface area contributed by atoms with Crippen LogP contribution in [-0.2, 0) is 17.8 Å². The van der Waals surface area contributed by atoms with Crippen molar-refractivity contribution in [3.05, 3.63) is 77.7 Å². The molecule has 0 amide bonds. The Kier molecular flexibility index (Phi) is 5.68. The smallest absolute Gasteiger partial charge is 0.209 e. The molecule has 9 heteroatoms. The highest BCUT2D eigenvalue weighted by molar-refractivity contribution is 5.83. The van der Waals surface area contributed by atoms with Crippen molar-refractivity contribution in [1.29, 1.82) is 0 Å². The molecule has 2 N–H and O–H groups in total. The average molecular weight is 424 g/mol. The molecule has 0 spiro atoms. The summed E-state index contributed by atoms with van der Waals surface area (Å²) in [6.45, 7) is 11.4. The number of pyridine rings is 2. The molecule has 4 heterocycles. The number of nitrogen functional groups attached to an aromatic ring is 1. The third-order valence-corrected chi connectivity index (χ3v) is 5.07. The van der Waals surface area contributed by atoms with Gasteiger partial charge < -0.3 is 5.73 Å². The third-order valence-electron chi connectivity index (χ3n) is 5.07. The minimum atomic E-state index is -0.0963. The van der Waals surface area contributed by atoms with Crippen LogP contribution in [0.5, 0.6) is 0 Å². The van der Waals surface area contributed by atoms with E-state index in [1.165, 1.54) is 0 Å². The molecule has 0 saturated heterocycles. The van der Waals surface area contributed by atoms with Gasteiger partial charge in [-0.15, -0.1) is 0 Å². The molecule has 0 aliphatic carbocycles. The highest BCUT2D eigenvalue weighted by Gasteiger charge is 2.18. The number of anilines is 1. The second-order valence-corrected chi connectivity index (χ2v) is 7.28. The van der Waals surface area contributed by atoms with Crippen molar-refractivity contribution < 1.29 is 4.79 Å². The zero-order valence-corrected chi connectivity index (χ0v) is 17.6. The van der Waals surface area contributed by atoms with E-state index in [2.05, 4.69) is 29.9 Å². The molecule has 9 nitrogen and oxygen atoms in total. The molecule has 0 aliphatic heterocycles. The SMILES string of the molecule is [C-]#[N+]c1cc(-c2cnccn2)cnc1CC(=O)Cn1nc(C)c(-c2ccnc(N)c2)c1C. The highest BCUT2D eigenvalue weighted by Crippen LogP contribution is 2.28. The van der Waals surface area contributed by atoms with Gasteiger partial charge in [-0.1, -0.05) is 0 Å². The van der Waals surface area contributed by atoms with Crippen molar-refractivity contribution in [3.8, 4) is 22.4 Å². The van der Waals surface area contributed by atoms with Crippen molar-refractivity contribution in [2.75, 3.05) is 5.73 Å². The average Bonchev–Trinajstić information content (AvgIpc) is 3.07. The Morgan fingerprint density at radius 3 is 2.66 bits per heavy atom. The van der Waals surface area contributed by atoms with E-state index in [4.69, 9.17) is 12.3 Å². The van der Waals surface area contributed by atoms with E-state index in [0.717, 1.165) is 22.5 Å². The lowest BCUT2D eigenvalue weighted by molar-refractivity contribution is -0.119. The summed E-state index contributed by atoms with van der Waals surface area (Å²) < 4.78 is 1.68. The number of aryl methyl sites for hydroxylation is 1. The molecular weight excluding hydrogens is 404 g/mol. The lowest BCUT2D eigenvalue weighted by atomic mass is 10.1. The molecule has 4 aromatic heterocycles. The third kappa shape index (κ3) is 4.20. The summed E-state index contributed by atoms with van der Waals surface area (Å²) in [4.78, 5) is 33.0. The topological polar surface area (TPSA) is 117 Å². The number of carbonyl (C=O) groups excluding carboxylic acids is 1. The van der Waals surface area contributed by atoms with Gasteiger partial charge >= 0.3 is 0 Å². The van der Waals surface area contributed by atoms with E-state index in [0.29, 0.717) is 28.5 Å². The maximum atomic E-state index is 12.8. The standard InChI is InChI=1S/C23H20N8O/c1-14-23(16-4-5-28-22(24)9-16)15(2)31(30-14)13-18(32)10-20-19(25-3)8-17(11-29-20)21-12-26-6-7-27-21/h4-9,11-12H,10,13H2,1-2H3,(H2,24,28). The van der Waals surface area contributed by atoms with Gasteiger partial charge in [-0.2, -0.15) is 5.10 Å². The molecular formula is C23H20N8O. The second-order valence-electron chi connectivity index (χ2n) is 7.28. The summed E-state index contributed by atoms with van der Waals surface area (Å²) in [5, 5.41) is 4.53. The predicted molar refractivity (Wildman–Crippen MR) is 120 cm³/mol. The molecule has 32 heavy (non-hydrogen) atoms. The van der Waals surface area contributed by atoms with Crippen molar-refractivity contribution in [2.24, 2.45) is 0 Å². The quantitative estimate of drug-likeness (QED) is 0.472. The Morgan fingerprint density at radius 2 is 1.94 bits per heavy atom. The molecule has 0 unspecified atom stereocenters. The van der Waals surface area contributed by atoms with E-state index >= 15 is 0 Å². The molecule has 0 fully saturated rings. The molecule has 4 rings (SSSR count). The van der Waals surface area contributed by atoms with Gasteiger partial charge in [0.25, 0.3) is 0 Å². The summed E-state index contributed by atoms with van der Waals surface area (Å²) in [5.41, 5.74) is 11.4. The maximum absolute atomic E-state index is 12.8. The summed E-state index contributed by atoms with van der Waals surface area (Å²) in [6, 6.07) is 5.33. The summed E-state index contributed by atoms with van der Waals surface area (Å²) in [7, 11) is 0. The number of Topliss-reactive ketones (excluding diaryl/α,β-unsaturated/α-hetero) is 1. The monoisotopic (exact) mass is 424 g/mol. The molecule has 0 aliphatic rings. The van der Waals surface area contributed by atoms with Gasteiger partial charge in [0.15, 0.2) is 5.78 Å². The molecule has 0 atom stereocenters. The van der Waals surface area contributed by atoms with Crippen molar-refractivity contribution >= 4 is 17.3 Å². The molecule has 158 valence electrons. The van der Waals surface area contributed by atoms with E-state index in [-0.39, 0.29) is 18.7 Å². The lowest BCUT2D eigenvalue weighted by Crippen LogP contribution is -2.15. The Balaban J connectivity index is 1.55. The maximum Gasteiger partial charge on any atom is 0.209 e. The minimum Gasteiger partial charge on any atom is -0.384 e.